The van der Waals surface area contributed by atoms with Crippen LogP contribution in [-0.4, -0.2) is 6.54 Å². The highest BCUT2D eigenvalue weighted by atomic mass is 35.5. The molecule has 1 nitrogen and oxygen atoms in total. The molecule has 2 rings (SSSR count). The Labute approximate surface area is 124 Å². The lowest BCUT2D eigenvalue weighted by Gasteiger charge is -2.16. The number of benzene rings is 2. The van der Waals surface area contributed by atoms with Crippen molar-refractivity contribution in [2.75, 3.05) is 6.54 Å². The number of halogens is 2. The maximum absolute atomic E-state index is 13.7. The topological polar surface area (TPSA) is 26.0 Å². The summed E-state index contributed by atoms with van der Waals surface area (Å²) in [5, 5.41) is 0.761. The molecule has 0 saturated heterocycles. The monoisotopic (exact) mass is 291 g/mol. The minimum Gasteiger partial charge on any atom is -0.330 e. The summed E-state index contributed by atoms with van der Waals surface area (Å²) in [6, 6.07) is 12.9. The lowest BCUT2D eigenvalue weighted by molar-refractivity contribution is 0.512. The number of aryl methyl sites for hydroxylation is 1. The molecule has 1 atom stereocenters. The van der Waals surface area contributed by atoms with Gasteiger partial charge in [-0.05, 0) is 61.1 Å². The molecule has 2 aromatic rings. The van der Waals surface area contributed by atoms with E-state index in [2.05, 4.69) is 0 Å². The SMILES string of the molecule is Cc1ccc(CC(CN)Cc2ccccc2F)c(Cl)c1. The molecular weight excluding hydrogens is 273 g/mol. The van der Waals surface area contributed by atoms with Gasteiger partial charge in [0, 0.05) is 5.02 Å². The predicted molar refractivity (Wildman–Crippen MR) is 82.5 cm³/mol. The van der Waals surface area contributed by atoms with Gasteiger partial charge in [0.2, 0.25) is 0 Å². The molecule has 0 aliphatic carbocycles. The Morgan fingerprint density at radius 1 is 1.10 bits per heavy atom. The van der Waals surface area contributed by atoms with Crippen LogP contribution in [0.25, 0.3) is 0 Å². The molecule has 0 aliphatic heterocycles. The first kappa shape index (κ1) is 15.0. The Bertz CT molecular complexity index is 583. The molecule has 0 aliphatic rings. The van der Waals surface area contributed by atoms with Gasteiger partial charge >= 0.3 is 0 Å². The van der Waals surface area contributed by atoms with E-state index >= 15 is 0 Å². The van der Waals surface area contributed by atoms with Crippen molar-refractivity contribution < 1.29 is 4.39 Å². The first-order chi connectivity index (χ1) is 9.60. The smallest absolute Gasteiger partial charge is 0.126 e. The average molecular weight is 292 g/mol. The summed E-state index contributed by atoms with van der Waals surface area (Å²) in [6.45, 7) is 2.52. The number of hydrogen-bond acceptors (Lipinski definition) is 1. The fourth-order valence-corrected chi connectivity index (χ4v) is 2.65. The van der Waals surface area contributed by atoms with E-state index in [9.17, 15) is 4.39 Å². The van der Waals surface area contributed by atoms with Gasteiger partial charge in [-0.15, -0.1) is 0 Å². The van der Waals surface area contributed by atoms with E-state index in [4.69, 9.17) is 17.3 Å². The van der Waals surface area contributed by atoms with E-state index in [1.165, 1.54) is 6.07 Å². The number of nitrogens with two attached hydrogens (primary N) is 1. The fraction of sp³-hybridized carbons (Fsp3) is 0.294. The third kappa shape index (κ3) is 3.81. The van der Waals surface area contributed by atoms with E-state index in [0.717, 1.165) is 22.6 Å². The molecule has 20 heavy (non-hydrogen) atoms. The van der Waals surface area contributed by atoms with Crippen molar-refractivity contribution in [1.29, 1.82) is 0 Å². The van der Waals surface area contributed by atoms with Crippen LogP contribution in [0.5, 0.6) is 0 Å². The molecule has 3 heteroatoms. The second kappa shape index (κ2) is 6.87. The second-order valence-electron chi connectivity index (χ2n) is 5.20. The van der Waals surface area contributed by atoms with Crippen LogP contribution < -0.4 is 5.73 Å². The number of rotatable bonds is 5. The fourth-order valence-electron chi connectivity index (χ4n) is 2.34. The summed E-state index contributed by atoms with van der Waals surface area (Å²) < 4.78 is 13.7. The molecule has 0 spiro atoms. The van der Waals surface area contributed by atoms with Crippen LogP contribution in [0.3, 0.4) is 0 Å². The summed E-state index contributed by atoms with van der Waals surface area (Å²) in [4.78, 5) is 0. The van der Waals surface area contributed by atoms with Crippen molar-refractivity contribution in [1.82, 2.24) is 0 Å². The van der Waals surface area contributed by atoms with Crippen molar-refractivity contribution >= 4 is 11.6 Å². The summed E-state index contributed by atoms with van der Waals surface area (Å²) in [5.41, 5.74) is 8.76. The van der Waals surface area contributed by atoms with E-state index in [-0.39, 0.29) is 11.7 Å². The molecule has 0 aromatic heterocycles. The van der Waals surface area contributed by atoms with Crippen LogP contribution in [0.2, 0.25) is 5.02 Å². The highest BCUT2D eigenvalue weighted by Crippen LogP contribution is 2.23. The van der Waals surface area contributed by atoms with Crippen LogP contribution in [0, 0.1) is 18.7 Å². The minimum absolute atomic E-state index is 0.166. The molecule has 0 amide bonds. The van der Waals surface area contributed by atoms with Crippen LogP contribution in [0.1, 0.15) is 16.7 Å². The van der Waals surface area contributed by atoms with Crippen molar-refractivity contribution in [2.45, 2.75) is 19.8 Å². The molecular formula is C17H19ClFN. The van der Waals surface area contributed by atoms with Gasteiger partial charge in [0.15, 0.2) is 0 Å². The van der Waals surface area contributed by atoms with Gasteiger partial charge in [0.25, 0.3) is 0 Å². The van der Waals surface area contributed by atoms with Gasteiger partial charge in [-0.25, -0.2) is 4.39 Å². The van der Waals surface area contributed by atoms with Gasteiger partial charge in [-0.3, -0.25) is 0 Å². The van der Waals surface area contributed by atoms with Crippen LogP contribution in [0.4, 0.5) is 4.39 Å². The maximum atomic E-state index is 13.7. The third-order valence-corrected chi connectivity index (χ3v) is 3.87. The summed E-state index contributed by atoms with van der Waals surface area (Å²) in [6.07, 6.45) is 1.40. The molecule has 2 aromatic carbocycles. The van der Waals surface area contributed by atoms with Crippen molar-refractivity contribution in [3.63, 3.8) is 0 Å². The second-order valence-corrected chi connectivity index (χ2v) is 5.60. The predicted octanol–water partition coefficient (Wildman–Crippen LogP) is 4.15. The van der Waals surface area contributed by atoms with Crippen LogP contribution >= 0.6 is 11.6 Å². The van der Waals surface area contributed by atoms with Gasteiger partial charge in [0.1, 0.15) is 5.82 Å². The quantitative estimate of drug-likeness (QED) is 0.880. The average Bonchev–Trinajstić information content (AvgIpc) is 2.43. The first-order valence-corrected chi connectivity index (χ1v) is 7.16. The lowest BCUT2D eigenvalue weighted by Crippen LogP contribution is -2.20. The van der Waals surface area contributed by atoms with Crippen molar-refractivity contribution in [3.05, 3.63) is 70.0 Å². The van der Waals surface area contributed by atoms with Crippen LogP contribution in [0.15, 0.2) is 42.5 Å². The van der Waals surface area contributed by atoms with E-state index in [0.29, 0.717) is 18.5 Å². The molecule has 0 saturated carbocycles. The molecule has 2 N–H and O–H groups in total. The highest BCUT2D eigenvalue weighted by molar-refractivity contribution is 6.31. The molecule has 1 unspecified atom stereocenters. The highest BCUT2D eigenvalue weighted by Gasteiger charge is 2.13. The van der Waals surface area contributed by atoms with E-state index < -0.39 is 0 Å². The van der Waals surface area contributed by atoms with Crippen LogP contribution in [-0.2, 0) is 12.8 Å². The molecule has 0 bridgehead atoms. The lowest BCUT2D eigenvalue weighted by atomic mass is 9.92. The Morgan fingerprint density at radius 3 is 2.45 bits per heavy atom. The zero-order valence-corrected chi connectivity index (χ0v) is 12.3. The standard InChI is InChI=1S/C17H19ClFN/c1-12-6-7-14(16(18)8-12)9-13(11-20)10-15-4-2-3-5-17(15)19/h2-8,13H,9-11,20H2,1H3. The van der Waals surface area contributed by atoms with Gasteiger partial charge in [0.05, 0.1) is 0 Å². The van der Waals surface area contributed by atoms with Gasteiger partial charge in [-0.2, -0.15) is 0 Å². The number of hydrogen-bond donors (Lipinski definition) is 1. The summed E-state index contributed by atoms with van der Waals surface area (Å²) in [5.74, 6) is 0.0214. The minimum atomic E-state index is -0.166. The Morgan fingerprint density at radius 2 is 1.80 bits per heavy atom. The zero-order chi connectivity index (χ0) is 14.5. The summed E-state index contributed by atoms with van der Waals surface area (Å²) in [7, 11) is 0. The van der Waals surface area contributed by atoms with Gasteiger partial charge in [-0.1, -0.05) is 41.9 Å². The van der Waals surface area contributed by atoms with Crippen molar-refractivity contribution in [2.24, 2.45) is 11.7 Å². The van der Waals surface area contributed by atoms with E-state index in [1.54, 1.807) is 6.07 Å². The maximum Gasteiger partial charge on any atom is 0.126 e. The molecule has 106 valence electrons. The van der Waals surface area contributed by atoms with E-state index in [1.807, 2.05) is 37.3 Å². The molecule has 0 radical (unpaired) electrons. The molecule has 0 heterocycles. The Kier molecular flexibility index (Phi) is 5.16. The van der Waals surface area contributed by atoms with Crippen molar-refractivity contribution in [3.8, 4) is 0 Å². The normalized spacial score (nSPS) is 12.4. The Hall–Kier alpha value is -1.38. The summed E-state index contributed by atoms with van der Waals surface area (Å²) >= 11 is 6.25. The largest absolute Gasteiger partial charge is 0.330 e. The molecule has 0 fully saturated rings. The Balaban J connectivity index is 2.11. The third-order valence-electron chi connectivity index (χ3n) is 3.52. The zero-order valence-electron chi connectivity index (χ0n) is 11.6. The van der Waals surface area contributed by atoms with Gasteiger partial charge < -0.3 is 5.73 Å². The first-order valence-electron chi connectivity index (χ1n) is 6.78.